The molecule has 2 aliphatic rings. The maximum atomic E-state index is 6.10. The van der Waals surface area contributed by atoms with E-state index in [4.69, 9.17) is 5.73 Å². The fourth-order valence-electron chi connectivity index (χ4n) is 3.38. The molecular formula is C17H26N2. The fourth-order valence-corrected chi connectivity index (χ4v) is 3.38. The van der Waals surface area contributed by atoms with Gasteiger partial charge in [0.2, 0.25) is 0 Å². The molecule has 0 unspecified atom stereocenters. The molecule has 0 aliphatic heterocycles. The third-order valence-corrected chi connectivity index (χ3v) is 4.71. The molecule has 3 rings (SSSR count). The Bertz CT molecular complexity index is 405. The highest BCUT2D eigenvalue weighted by Crippen LogP contribution is 2.33. The van der Waals surface area contributed by atoms with Gasteiger partial charge in [-0.1, -0.05) is 37.5 Å². The van der Waals surface area contributed by atoms with Crippen LogP contribution in [0.4, 0.5) is 5.69 Å². The van der Waals surface area contributed by atoms with Crippen molar-refractivity contribution in [2.24, 2.45) is 5.92 Å². The average molecular weight is 258 g/mol. The fraction of sp³-hybridized carbons (Fsp3) is 0.647. The Labute approximate surface area is 117 Å². The lowest BCUT2D eigenvalue weighted by Gasteiger charge is -2.30. The summed E-state index contributed by atoms with van der Waals surface area (Å²) in [6.45, 7) is 2.34. The van der Waals surface area contributed by atoms with Gasteiger partial charge in [-0.15, -0.1) is 0 Å². The first-order valence-corrected chi connectivity index (χ1v) is 7.90. The molecule has 0 saturated heterocycles. The SMILES string of the molecule is Nc1ccccc1CN(CC1CCCCC1)C1CC1. The Balaban J connectivity index is 1.62. The summed E-state index contributed by atoms with van der Waals surface area (Å²) in [4.78, 5) is 2.70. The summed E-state index contributed by atoms with van der Waals surface area (Å²) in [5, 5.41) is 0. The maximum absolute atomic E-state index is 6.10. The predicted molar refractivity (Wildman–Crippen MR) is 80.9 cm³/mol. The first-order chi connectivity index (χ1) is 9.33. The highest BCUT2D eigenvalue weighted by atomic mass is 15.2. The molecule has 2 aliphatic carbocycles. The summed E-state index contributed by atoms with van der Waals surface area (Å²) in [6.07, 6.45) is 9.98. The number of nitrogens with two attached hydrogens (primary N) is 1. The molecule has 0 bridgehead atoms. The second kappa shape index (κ2) is 5.96. The molecule has 19 heavy (non-hydrogen) atoms. The predicted octanol–water partition coefficient (Wildman–Crippen LogP) is 3.81. The van der Waals surface area contributed by atoms with Gasteiger partial charge in [-0.3, -0.25) is 4.90 Å². The Hall–Kier alpha value is -1.02. The van der Waals surface area contributed by atoms with Crippen molar-refractivity contribution in [3.05, 3.63) is 29.8 Å². The van der Waals surface area contributed by atoms with Gasteiger partial charge in [0, 0.05) is 24.8 Å². The van der Waals surface area contributed by atoms with Gasteiger partial charge in [0.05, 0.1) is 0 Å². The number of anilines is 1. The minimum absolute atomic E-state index is 0.835. The van der Waals surface area contributed by atoms with E-state index in [9.17, 15) is 0 Å². The second-order valence-electron chi connectivity index (χ2n) is 6.36. The number of benzene rings is 1. The number of rotatable bonds is 5. The van der Waals surface area contributed by atoms with E-state index < -0.39 is 0 Å². The molecule has 2 saturated carbocycles. The Morgan fingerprint density at radius 1 is 1.00 bits per heavy atom. The van der Waals surface area contributed by atoms with Crippen LogP contribution in [0.2, 0.25) is 0 Å². The van der Waals surface area contributed by atoms with Crippen LogP contribution < -0.4 is 5.73 Å². The summed E-state index contributed by atoms with van der Waals surface area (Å²) >= 11 is 0. The van der Waals surface area contributed by atoms with E-state index in [1.165, 1.54) is 57.1 Å². The molecule has 0 atom stereocenters. The van der Waals surface area contributed by atoms with E-state index in [0.29, 0.717) is 0 Å². The van der Waals surface area contributed by atoms with Gasteiger partial charge in [-0.2, -0.15) is 0 Å². The maximum Gasteiger partial charge on any atom is 0.0359 e. The molecule has 0 heterocycles. The lowest BCUT2D eigenvalue weighted by Crippen LogP contribution is -2.32. The van der Waals surface area contributed by atoms with Crippen LogP contribution in [-0.4, -0.2) is 17.5 Å². The van der Waals surface area contributed by atoms with Crippen LogP contribution in [0.15, 0.2) is 24.3 Å². The van der Waals surface area contributed by atoms with Gasteiger partial charge in [0.15, 0.2) is 0 Å². The molecule has 0 amide bonds. The average Bonchev–Trinajstić information content (AvgIpc) is 3.26. The van der Waals surface area contributed by atoms with E-state index >= 15 is 0 Å². The monoisotopic (exact) mass is 258 g/mol. The zero-order valence-corrected chi connectivity index (χ0v) is 11.9. The summed E-state index contributed by atoms with van der Waals surface area (Å²) in [7, 11) is 0. The van der Waals surface area contributed by atoms with Crippen molar-refractivity contribution >= 4 is 5.69 Å². The van der Waals surface area contributed by atoms with Gasteiger partial charge < -0.3 is 5.73 Å². The first kappa shape index (κ1) is 13.0. The van der Waals surface area contributed by atoms with Crippen LogP contribution in [0.25, 0.3) is 0 Å². The molecule has 1 aromatic rings. The summed E-state index contributed by atoms with van der Waals surface area (Å²) in [5.41, 5.74) is 8.36. The van der Waals surface area contributed by atoms with E-state index in [-0.39, 0.29) is 0 Å². The lowest BCUT2D eigenvalue weighted by molar-refractivity contribution is 0.186. The summed E-state index contributed by atoms with van der Waals surface area (Å²) in [5.74, 6) is 0.930. The first-order valence-electron chi connectivity index (χ1n) is 7.90. The molecule has 0 aromatic heterocycles. The Morgan fingerprint density at radius 3 is 2.42 bits per heavy atom. The van der Waals surface area contributed by atoms with Gasteiger partial charge in [0.25, 0.3) is 0 Å². The molecule has 2 fully saturated rings. The number of nitrogen functional groups attached to an aromatic ring is 1. The topological polar surface area (TPSA) is 29.3 Å². The molecule has 1 aromatic carbocycles. The van der Waals surface area contributed by atoms with Crippen LogP contribution in [-0.2, 0) is 6.54 Å². The van der Waals surface area contributed by atoms with Crippen LogP contribution >= 0.6 is 0 Å². The third kappa shape index (κ3) is 3.50. The third-order valence-electron chi connectivity index (χ3n) is 4.71. The minimum atomic E-state index is 0.835. The van der Waals surface area contributed by atoms with Crippen molar-refractivity contribution in [3.63, 3.8) is 0 Å². The molecular weight excluding hydrogens is 232 g/mol. The molecule has 0 spiro atoms. The highest BCUT2D eigenvalue weighted by molar-refractivity contribution is 5.46. The summed E-state index contributed by atoms with van der Waals surface area (Å²) < 4.78 is 0. The van der Waals surface area contributed by atoms with Crippen molar-refractivity contribution < 1.29 is 0 Å². The standard InChI is InChI=1S/C17H26N2/c18-17-9-5-4-8-15(17)13-19(16-10-11-16)12-14-6-2-1-3-7-14/h4-5,8-9,14,16H,1-3,6-7,10-13,18H2. The van der Waals surface area contributed by atoms with E-state index in [0.717, 1.165) is 24.2 Å². The van der Waals surface area contributed by atoms with Crippen LogP contribution in [0.1, 0.15) is 50.5 Å². The van der Waals surface area contributed by atoms with Crippen molar-refractivity contribution in [2.75, 3.05) is 12.3 Å². The van der Waals surface area contributed by atoms with Crippen molar-refractivity contribution in [1.29, 1.82) is 0 Å². The Kier molecular flexibility index (Phi) is 4.07. The molecule has 0 radical (unpaired) electrons. The van der Waals surface area contributed by atoms with E-state index in [1.807, 2.05) is 12.1 Å². The van der Waals surface area contributed by atoms with Crippen molar-refractivity contribution in [3.8, 4) is 0 Å². The number of hydrogen-bond donors (Lipinski definition) is 1. The van der Waals surface area contributed by atoms with E-state index in [2.05, 4.69) is 17.0 Å². The quantitative estimate of drug-likeness (QED) is 0.814. The smallest absolute Gasteiger partial charge is 0.0359 e. The zero-order valence-electron chi connectivity index (χ0n) is 11.9. The van der Waals surface area contributed by atoms with Crippen molar-refractivity contribution in [2.45, 2.75) is 57.5 Å². The molecule has 2 nitrogen and oxygen atoms in total. The van der Waals surface area contributed by atoms with Gasteiger partial charge in [-0.05, 0) is 43.2 Å². The van der Waals surface area contributed by atoms with Gasteiger partial charge in [0.1, 0.15) is 0 Å². The van der Waals surface area contributed by atoms with Crippen LogP contribution in [0, 0.1) is 5.92 Å². The van der Waals surface area contributed by atoms with Crippen LogP contribution in [0.5, 0.6) is 0 Å². The number of nitrogens with zero attached hydrogens (tertiary/aromatic N) is 1. The van der Waals surface area contributed by atoms with Crippen molar-refractivity contribution in [1.82, 2.24) is 4.90 Å². The number of hydrogen-bond acceptors (Lipinski definition) is 2. The van der Waals surface area contributed by atoms with Gasteiger partial charge in [-0.25, -0.2) is 0 Å². The molecule has 2 heteroatoms. The lowest BCUT2D eigenvalue weighted by atomic mass is 9.89. The van der Waals surface area contributed by atoms with E-state index in [1.54, 1.807) is 0 Å². The minimum Gasteiger partial charge on any atom is -0.398 e. The normalized spacial score (nSPS) is 20.9. The zero-order chi connectivity index (χ0) is 13.1. The van der Waals surface area contributed by atoms with Gasteiger partial charge >= 0.3 is 0 Å². The molecule has 2 N–H and O–H groups in total. The molecule has 104 valence electrons. The highest BCUT2D eigenvalue weighted by Gasteiger charge is 2.31. The second-order valence-corrected chi connectivity index (χ2v) is 6.36. The number of para-hydroxylation sites is 1. The Morgan fingerprint density at radius 2 is 1.74 bits per heavy atom. The van der Waals surface area contributed by atoms with Crippen LogP contribution in [0.3, 0.4) is 0 Å². The summed E-state index contributed by atoms with van der Waals surface area (Å²) in [6, 6.07) is 9.19. The largest absolute Gasteiger partial charge is 0.398 e.